The van der Waals surface area contributed by atoms with Crippen LogP contribution in [0.5, 0.6) is 0 Å². The second-order valence-electron chi connectivity index (χ2n) is 6.63. The van der Waals surface area contributed by atoms with Gasteiger partial charge >= 0.3 is 12.3 Å². The van der Waals surface area contributed by atoms with E-state index in [9.17, 15) is 23.1 Å². The lowest BCUT2D eigenvalue weighted by molar-refractivity contribution is -0.306. The van der Waals surface area contributed by atoms with Crippen molar-refractivity contribution in [3.63, 3.8) is 0 Å². The van der Waals surface area contributed by atoms with Gasteiger partial charge in [-0.1, -0.05) is 0 Å². The van der Waals surface area contributed by atoms with E-state index in [2.05, 4.69) is 0 Å². The fourth-order valence-corrected chi connectivity index (χ4v) is 3.25. The van der Waals surface area contributed by atoms with Crippen molar-refractivity contribution in [2.75, 3.05) is 6.54 Å². The van der Waals surface area contributed by atoms with Crippen molar-refractivity contribution in [1.29, 1.82) is 0 Å². The van der Waals surface area contributed by atoms with Crippen LogP contribution in [0.1, 0.15) is 46.5 Å². The molecule has 1 aliphatic heterocycles. The molecule has 1 amide bonds. The van der Waals surface area contributed by atoms with Gasteiger partial charge < -0.3 is 9.84 Å². The predicted molar refractivity (Wildman–Crippen MR) is 65.1 cm³/mol. The van der Waals surface area contributed by atoms with Gasteiger partial charge in [0.1, 0.15) is 5.60 Å². The average molecular weight is 295 g/mol. The number of hydrogen-bond donors (Lipinski definition) is 1. The Morgan fingerprint density at radius 2 is 1.80 bits per heavy atom. The van der Waals surface area contributed by atoms with Gasteiger partial charge in [-0.25, -0.2) is 4.79 Å². The van der Waals surface area contributed by atoms with E-state index in [1.165, 1.54) is 0 Å². The van der Waals surface area contributed by atoms with Gasteiger partial charge in [0.05, 0.1) is 5.54 Å². The first kappa shape index (κ1) is 15.4. The second-order valence-corrected chi connectivity index (χ2v) is 6.63. The smallest absolute Gasteiger partial charge is 0.419 e. The quantitative estimate of drug-likeness (QED) is 0.747. The van der Waals surface area contributed by atoms with Crippen LogP contribution >= 0.6 is 0 Å². The Kier molecular flexibility index (Phi) is 3.28. The van der Waals surface area contributed by atoms with E-state index in [4.69, 9.17) is 4.74 Å². The Balaban J connectivity index is 2.25. The highest BCUT2D eigenvalue weighted by atomic mass is 19.4. The molecule has 116 valence electrons. The number of rotatable bonds is 0. The molecule has 20 heavy (non-hydrogen) atoms. The van der Waals surface area contributed by atoms with Gasteiger partial charge in [0.2, 0.25) is 0 Å². The van der Waals surface area contributed by atoms with Gasteiger partial charge in [0, 0.05) is 6.54 Å². The lowest BCUT2D eigenvalue weighted by Gasteiger charge is -2.57. The molecule has 2 atom stereocenters. The van der Waals surface area contributed by atoms with Gasteiger partial charge in [-0.2, -0.15) is 13.2 Å². The molecule has 4 nitrogen and oxygen atoms in total. The van der Waals surface area contributed by atoms with Crippen LogP contribution < -0.4 is 0 Å². The maximum Gasteiger partial charge on any atom is 0.419 e. The number of hydrogen-bond acceptors (Lipinski definition) is 3. The summed E-state index contributed by atoms with van der Waals surface area (Å²) in [5.74, 6) is 0. The molecule has 1 aliphatic carbocycles. The number of alkyl halides is 3. The van der Waals surface area contributed by atoms with Crippen LogP contribution in [0, 0.1) is 0 Å². The molecule has 0 aromatic rings. The lowest BCUT2D eigenvalue weighted by Crippen LogP contribution is -2.75. The summed E-state index contributed by atoms with van der Waals surface area (Å²) in [6.45, 7) is 5.15. The molecule has 1 N–H and O–H groups in total. The minimum Gasteiger partial charge on any atom is -0.444 e. The zero-order chi connectivity index (χ0) is 15.4. The topological polar surface area (TPSA) is 49.8 Å². The van der Waals surface area contributed by atoms with Crippen molar-refractivity contribution in [1.82, 2.24) is 4.90 Å². The Bertz CT molecular complexity index is 418. The van der Waals surface area contributed by atoms with Crippen molar-refractivity contribution in [3.05, 3.63) is 0 Å². The standard InChI is InChI=1S/C13H20F3NO3/c1-10(2,3)20-9(18)17-8-7-11(17)5-4-6-12(11,19)13(14,15)16/h19H,4-8H2,1-3H3. The van der Waals surface area contributed by atoms with E-state index >= 15 is 0 Å². The Labute approximate surface area is 115 Å². The molecule has 1 saturated carbocycles. The molecule has 2 aliphatic rings. The third-order valence-corrected chi connectivity index (χ3v) is 4.25. The minimum atomic E-state index is -4.75. The van der Waals surface area contributed by atoms with Crippen LogP contribution in [0.2, 0.25) is 0 Å². The lowest BCUT2D eigenvalue weighted by atomic mass is 9.72. The van der Waals surface area contributed by atoms with E-state index in [0.717, 1.165) is 4.90 Å². The maximum atomic E-state index is 13.2. The fourth-order valence-electron chi connectivity index (χ4n) is 3.25. The van der Waals surface area contributed by atoms with Gasteiger partial charge in [-0.05, 0) is 46.5 Å². The summed E-state index contributed by atoms with van der Waals surface area (Å²) in [5.41, 5.74) is -5.15. The van der Waals surface area contributed by atoms with Crippen LogP contribution in [-0.4, -0.2) is 45.6 Å². The molecule has 2 rings (SSSR count). The Morgan fingerprint density at radius 3 is 2.20 bits per heavy atom. The average Bonchev–Trinajstić information content (AvgIpc) is 2.53. The number of nitrogens with zero attached hydrogens (tertiary/aromatic N) is 1. The first-order chi connectivity index (χ1) is 8.93. The third-order valence-electron chi connectivity index (χ3n) is 4.25. The predicted octanol–water partition coefficient (Wildman–Crippen LogP) is 2.84. The number of halogens is 3. The molecule has 7 heteroatoms. The zero-order valence-electron chi connectivity index (χ0n) is 11.9. The summed E-state index contributed by atoms with van der Waals surface area (Å²) in [4.78, 5) is 13.1. The molecule has 2 fully saturated rings. The molecule has 1 heterocycles. The van der Waals surface area contributed by atoms with Crippen LogP contribution in [-0.2, 0) is 4.74 Å². The van der Waals surface area contributed by atoms with Crippen molar-refractivity contribution >= 4 is 6.09 Å². The molecular weight excluding hydrogens is 275 g/mol. The SMILES string of the molecule is CC(C)(C)OC(=O)N1CCC12CCCC2(O)C(F)(F)F. The van der Waals surface area contributed by atoms with Gasteiger partial charge in [-0.3, -0.25) is 4.90 Å². The van der Waals surface area contributed by atoms with Crippen LogP contribution in [0.3, 0.4) is 0 Å². The summed E-state index contributed by atoms with van der Waals surface area (Å²) >= 11 is 0. The van der Waals surface area contributed by atoms with E-state index in [1.807, 2.05) is 0 Å². The highest BCUT2D eigenvalue weighted by Gasteiger charge is 2.74. The number of ether oxygens (including phenoxy) is 1. The van der Waals surface area contributed by atoms with E-state index in [1.54, 1.807) is 20.8 Å². The van der Waals surface area contributed by atoms with Crippen LogP contribution in [0.4, 0.5) is 18.0 Å². The maximum absolute atomic E-state index is 13.2. The number of carbonyl (C=O) groups is 1. The molecule has 1 saturated heterocycles. The Morgan fingerprint density at radius 1 is 1.20 bits per heavy atom. The summed E-state index contributed by atoms with van der Waals surface area (Å²) < 4.78 is 44.8. The first-order valence-corrected chi connectivity index (χ1v) is 6.73. The highest BCUT2D eigenvalue weighted by molar-refractivity contribution is 5.71. The van der Waals surface area contributed by atoms with Crippen molar-refractivity contribution in [3.8, 4) is 0 Å². The molecular formula is C13H20F3NO3. The van der Waals surface area contributed by atoms with Gasteiger partial charge in [-0.15, -0.1) is 0 Å². The normalized spacial score (nSPS) is 34.2. The Hall–Kier alpha value is -0.980. The van der Waals surface area contributed by atoms with Crippen LogP contribution in [0.25, 0.3) is 0 Å². The number of carbonyl (C=O) groups excluding carboxylic acids is 1. The molecule has 1 spiro atoms. The first-order valence-electron chi connectivity index (χ1n) is 6.73. The largest absolute Gasteiger partial charge is 0.444 e. The number of aliphatic hydroxyl groups is 1. The fraction of sp³-hybridized carbons (Fsp3) is 0.923. The molecule has 0 bridgehead atoms. The summed E-state index contributed by atoms with van der Waals surface area (Å²) in [6.07, 6.45) is -5.34. The summed E-state index contributed by atoms with van der Waals surface area (Å²) in [7, 11) is 0. The van der Waals surface area contributed by atoms with Gasteiger partial charge in [0.15, 0.2) is 5.60 Å². The van der Waals surface area contributed by atoms with Crippen molar-refractivity contribution < 1.29 is 27.8 Å². The molecule has 0 aromatic heterocycles. The zero-order valence-corrected chi connectivity index (χ0v) is 11.9. The number of likely N-dealkylation sites (tertiary alicyclic amines) is 1. The van der Waals surface area contributed by atoms with E-state index in [0.29, 0.717) is 0 Å². The minimum absolute atomic E-state index is 0.155. The molecule has 2 unspecified atom stereocenters. The number of amides is 1. The monoisotopic (exact) mass is 295 g/mol. The van der Waals surface area contributed by atoms with E-state index < -0.39 is 29.0 Å². The van der Waals surface area contributed by atoms with Crippen molar-refractivity contribution in [2.45, 2.75) is 69.4 Å². The molecule has 0 radical (unpaired) electrons. The van der Waals surface area contributed by atoms with Crippen molar-refractivity contribution in [2.24, 2.45) is 0 Å². The summed E-state index contributed by atoms with van der Waals surface area (Å²) in [6, 6.07) is 0. The highest BCUT2D eigenvalue weighted by Crippen LogP contribution is 2.57. The van der Waals surface area contributed by atoms with Crippen LogP contribution in [0.15, 0.2) is 0 Å². The van der Waals surface area contributed by atoms with Gasteiger partial charge in [0.25, 0.3) is 0 Å². The second kappa shape index (κ2) is 4.26. The summed E-state index contributed by atoms with van der Waals surface area (Å²) in [5, 5.41) is 10.1. The third kappa shape index (κ3) is 2.06. The molecule has 0 aromatic carbocycles. The van der Waals surface area contributed by atoms with E-state index in [-0.39, 0.29) is 32.2 Å².